The molecule has 6 heteroatoms. The van der Waals surface area contributed by atoms with E-state index in [-0.39, 0.29) is 0 Å². The van der Waals surface area contributed by atoms with Gasteiger partial charge >= 0.3 is 0 Å². The van der Waals surface area contributed by atoms with Gasteiger partial charge in [-0.3, -0.25) is 0 Å². The number of rotatable bonds is 13. The van der Waals surface area contributed by atoms with Gasteiger partial charge in [-0.05, 0) is 80.2 Å². The largest absolute Gasteiger partial charge is 0.378 e. The first-order valence-corrected chi connectivity index (χ1v) is 18.9. The molecule has 0 atom stereocenters. The Hall–Kier alpha value is -4.52. The van der Waals surface area contributed by atoms with Crippen LogP contribution < -0.4 is 18.9 Å². The molecular formula is C42H44N4S2+2. The molecule has 0 unspecified atom stereocenters. The molecule has 0 spiro atoms. The minimum absolute atomic E-state index is 1.00. The summed E-state index contributed by atoms with van der Waals surface area (Å²) in [5, 5.41) is 5.06. The molecule has 0 bridgehead atoms. The molecule has 0 amide bonds. The number of benzene rings is 4. The highest BCUT2D eigenvalue weighted by Crippen LogP contribution is 2.25. The molecule has 4 nitrogen and oxygen atoms in total. The van der Waals surface area contributed by atoms with Gasteiger partial charge in [-0.25, -0.2) is 9.13 Å². The molecule has 0 aliphatic carbocycles. The van der Waals surface area contributed by atoms with Crippen LogP contribution in [0.15, 0.2) is 122 Å². The number of nitrogens with zero attached hydrogens (tertiary/aromatic N) is 4. The summed E-state index contributed by atoms with van der Waals surface area (Å²) in [5.74, 6) is 2.16. The predicted molar refractivity (Wildman–Crippen MR) is 213 cm³/mol. The van der Waals surface area contributed by atoms with Crippen LogP contribution in [0.1, 0.15) is 22.3 Å². The van der Waals surface area contributed by atoms with Crippen LogP contribution in [0.4, 0.5) is 11.4 Å². The first kappa shape index (κ1) is 33.4. The zero-order valence-electron chi connectivity index (χ0n) is 28.3. The Morgan fingerprint density at radius 1 is 0.438 bits per heavy atom. The number of anilines is 2. The van der Waals surface area contributed by atoms with Crippen molar-refractivity contribution in [1.29, 1.82) is 0 Å². The lowest BCUT2D eigenvalue weighted by atomic mass is 10.1. The molecule has 0 N–H and O–H groups in total. The molecule has 6 aromatic rings. The second kappa shape index (κ2) is 16.1. The average molecular weight is 669 g/mol. The molecule has 0 aliphatic rings. The van der Waals surface area contributed by atoms with Crippen molar-refractivity contribution >= 4 is 78.8 Å². The van der Waals surface area contributed by atoms with Gasteiger partial charge < -0.3 is 9.80 Å². The van der Waals surface area contributed by atoms with Crippen molar-refractivity contribution in [1.82, 2.24) is 0 Å². The van der Waals surface area contributed by atoms with Gasteiger partial charge in [-0.1, -0.05) is 82.3 Å². The van der Waals surface area contributed by atoms with Crippen LogP contribution in [0.25, 0.3) is 45.8 Å². The highest BCUT2D eigenvalue weighted by Gasteiger charge is 2.05. The SMILES string of the molecule is CN(C)c1ccc2cc(C=Cc3cc[n+](CCSSCC[n+]4ccc(C=Cc5ccc6cc(N(C)C)ccc6c5)cc4)cc3)ccc2c1. The third kappa shape index (κ3) is 9.09. The normalized spacial score (nSPS) is 11.7. The molecule has 0 radical (unpaired) electrons. The fourth-order valence-electron chi connectivity index (χ4n) is 5.51. The van der Waals surface area contributed by atoms with E-state index in [2.05, 4.69) is 193 Å². The van der Waals surface area contributed by atoms with E-state index in [1.165, 1.54) is 55.2 Å². The Kier molecular flexibility index (Phi) is 11.2. The Morgan fingerprint density at radius 2 is 0.792 bits per heavy atom. The van der Waals surface area contributed by atoms with Crippen molar-refractivity contribution in [2.75, 3.05) is 49.5 Å². The van der Waals surface area contributed by atoms with Gasteiger partial charge in [0.25, 0.3) is 0 Å². The highest BCUT2D eigenvalue weighted by atomic mass is 33.1. The fourth-order valence-corrected chi connectivity index (χ4v) is 7.47. The summed E-state index contributed by atoms with van der Waals surface area (Å²) in [6.45, 7) is 2.01. The first-order chi connectivity index (χ1) is 23.4. The van der Waals surface area contributed by atoms with Gasteiger partial charge in [-0.2, -0.15) is 0 Å². The van der Waals surface area contributed by atoms with E-state index in [9.17, 15) is 0 Å². The molecule has 0 fully saturated rings. The van der Waals surface area contributed by atoms with E-state index in [0.717, 1.165) is 24.6 Å². The molecule has 2 aromatic heterocycles. The van der Waals surface area contributed by atoms with Crippen LogP contribution in [0.5, 0.6) is 0 Å². The Balaban J connectivity index is 0.900. The highest BCUT2D eigenvalue weighted by molar-refractivity contribution is 8.76. The van der Waals surface area contributed by atoms with Crippen molar-refractivity contribution in [3.05, 3.63) is 144 Å². The Morgan fingerprint density at radius 3 is 1.19 bits per heavy atom. The number of hydrogen-bond acceptors (Lipinski definition) is 4. The average Bonchev–Trinajstić information content (AvgIpc) is 3.11. The Bertz CT molecular complexity index is 1880. The molecule has 48 heavy (non-hydrogen) atoms. The van der Waals surface area contributed by atoms with Crippen LogP contribution in [0.3, 0.4) is 0 Å². The molecule has 0 aliphatic heterocycles. The third-order valence-corrected chi connectivity index (χ3v) is 10.8. The Labute approximate surface area is 293 Å². The second-order valence-electron chi connectivity index (χ2n) is 12.4. The molecule has 0 saturated heterocycles. The van der Waals surface area contributed by atoms with Crippen molar-refractivity contribution in [2.45, 2.75) is 13.1 Å². The summed E-state index contributed by atoms with van der Waals surface area (Å²) < 4.78 is 4.53. The van der Waals surface area contributed by atoms with Gasteiger partial charge in [0, 0.05) is 63.8 Å². The summed E-state index contributed by atoms with van der Waals surface area (Å²) in [6.07, 6.45) is 17.5. The number of fused-ring (bicyclic) bond motifs is 2. The first-order valence-electron chi connectivity index (χ1n) is 16.4. The summed E-state index contributed by atoms with van der Waals surface area (Å²) in [6, 6.07) is 35.3. The van der Waals surface area contributed by atoms with Crippen molar-refractivity contribution in [3.63, 3.8) is 0 Å². The van der Waals surface area contributed by atoms with Crippen LogP contribution >= 0.6 is 21.6 Å². The lowest BCUT2D eigenvalue weighted by molar-refractivity contribution is -0.692. The predicted octanol–water partition coefficient (Wildman–Crippen LogP) is 9.12. The molecule has 242 valence electrons. The summed E-state index contributed by atoms with van der Waals surface area (Å²) in [7, 11) is 12.2. The van der Waals surface area contributed by atoms with Gasteiger partial charge in [0.1, 0.15) is 0 Å². The second-order valence-corrected chi connectivity index (χ2v) is 15.1. The standard InChI is InChI=1S/C42H44N4S2/c1-43(2)41-15-13-37-29-35(9-11-39(37)31-41)7-5-33-17-21-45(22-18-33)25-27-47-48-28-26-46-23-19-34(20-24-46)6-8-36-10-12-40-32-42(44(3)4)16-14-38(40)30-36/h5-24,29-32H,25-28H2,1-4H3/q+2. The van der Waals surface area contributed by atoms with E-state index in [1.54, 1.807) is 0 Å². The smallest absolute Gasteiger partial charge is 0.169 e. The summed E-state index contributed by atoms with van der Waals surface area (Å²) in [4.78, 5) is 4.28. The molecule has 2 heterocycles. The minimum atomic E-state index is 1.00. The van der Waals surface area contributed by atoms with Crippen molar-refractivity contribution in [3.8, 4) is 0 Å². The van der Waals surface area contributed by atoms with Gasteiger partial charge in [0.15, 0.2) is 37.9 Å². The topological polar surface area (TPSA) is 14.2 Å². The van der Waals surface area contributed by atoms with Crippen molar-refractivity contribution in [2.24, 2.45) is 0 Å². The summed E-state index contributed by atoms with van der Waals surface area (Å²) in [5.41, 5.74) is 7.30. The minimum Gasteiger partial charge on any atom is -0.378 e. The maximum absolute atomic E-state index is 2.27. The maximum atomic E-state index is 2.27. The van der Waals surface area contributed by atoms with E-state index in [0.29, 0.717) is 0 Å². The van der Waals surface area contributed by atoms with Crippen molar-refractivity contribution < 1.29 is 9.13 Å². The van der Waals surface area contributed by atoms with E-state index >= 15 is 0 Å². The van der Waals surface area contributed by atoms with Crippen LogP contribution in [-0.4, -0.2) is 39.7 Å². The maximum Gasteiger partial charge on any atom is 0.169 e. The van der Waals surface area contributed by atoms with Gasteiger partial charge in [0.2, 0.25) is 0 Å². The number of aromatic nitrogens is 2. The van der Waals surface area contributed by atoms with Gasteiger partial charge in [-0.15, -0.1) is 0 Å². The summed E-state index contributed by atoms with van der Waals surface area (Å²) >= 11 is 0. The third-order valence-electron chi connectivity index (χ3n) is 8.45. The monoisotopic (exact) mass is 668 g/mol. The number of aryl methyl sites for hydroxylation is 2. The molecule has 4 aromatic carbocycles. The zero-order chi connectivity index (χ0) is 33.3. The van der Waals surface area contributed by atoms with Crippen LogP contribution in [-0.2, 0) is 13.1 Å². The zero-order valence-corrected chi connectivity index (χ0v) is 29.9. The fraction of sp³-hybridized carbons (Fsp3) is 0.190. The molecule has 0 saturated carbocycles. The lowest BCUT2D eigenvalue weighted by Crippen LogP contribution is -2.34. The van der Waals surface area contributed by atoms with E-state index in [4.69, 9.17) is 0 Å². The van der Waals surface area contributed by atoms with E-state index < -0.39 is 0 Å². The van der Waals surface area contributed by atoms with E-state index in [1.807, 2.05) is 21.6 Å². The van der Waals surface area contributed by atoms with Gasteiger partial charge in [0.05, 0.1) is 11.5 Å². The number of hydrogen-bond donors (Lipinski definition) is 0. The molecule has 6 rings (SSSR count). The number of pyridine rings is 2. The lowest BCUT2D eigenvalue weighted by Gasteiger charge is -2.13. The quantitative estimate of drug-likeness (QED) is 0.0692. The van der Waals surface area contributed by atoms with Crippen LogP contribution in [0.2, 0.25) is 0 Å². The van der Waals surface area contributed by atoms with Crippen LogP contribution in [0, 0.1) is 0 Å². The molecular weight excluding hydrogens is 625 g/mol.